The van der Waals surface area contributed by atoms with E-state index in [4.69, 9.17) is 17.3 Å². The number of nitrogens with zero attached hydrogens (tertiary/aromatic N) is 1. The smallest absolute Gasteiger partial charge is 0.255 e. The Morgan fingerprint density at radius 2 is 1.62 bits per heavy atom. The highest BCUT2D eigenvalue weighted by atomic mass is 35.5. The van der Waals surface area contributed by atoms with Gasteiger partial charge in [0.1, 0.15) is 0 Å². The van der Waals surface area contributed by atoms with Crippen molar-refractivity contribution < 1.29 is 9.59 Å². The van der Waals surface area contributed by atoms with Crippen molar-refractivity contribution >= 4 is 46.1 Å². The van der Waals surface area contributed by atoms with Gasteiger partial charge in [-0.3, -0.25) is 9.59 Å². The highest BCUT2D eigenvalue weighted by Crippen LogP contribution is 2.19. The predicted octanol–water partition coefficient (Wildman–Crippen LogP) is 3.76. The summed E-state index contributed by atoms with van der Waals surface area (Å²) < 4.78 is 0.512. The van der Waals surface area contributed by atoms with Gasteiger partial charge in [-0.2, -0.15) is 0 Å². The van der Waals surface area contributed by atoms with Crippen LogP contribution in [0.2, 0.25) is 4.47 Å². The second-order valence-corrected chi connectivity index (χ2v) is 7.10. The van der Waals surface area contributed by atoms with Gasteiger partial charge >= 0.3 is 0 Å². The van der Waals surface area contributed by atoms with Crippen LogP contribution in [0.3, 0.4) is 0 Å². The summed E-state index contributed by atoms with van der Waals surface area (Å²) in [5.41, 5.74) is 7.58. The van der Waals surface area contributed by atoms with E-state index in [9.17, 15) is 9.59 Å². The van der Waals surface area contributed by atoms with Crippen LogP contribution >= 0.6 is 22.9 Å². The molecule has 2 aromatic carbocycles. The molecule has 0 saturated carbocycles. The molecular weight excluding hydrogens is 372 g/mol. The number of thiazole rings is 1. The maximum absolute atomic E-state index is 12.3. The highest BCUT2D eigenvalue weighted by molar-refractivity contribution is 7.15. The maximum Gasteiger partial charge on any atom is 0.255 e. The molecule has 1 heterocycles. The van der Waals surface area contributed by atoms with E-state index in [0.29, 0.717) is 27.8 Å². The number of benzene rings is 2. The molecule has 0 bridgehead atoms. The number of anilines is 2. The first-order chi connectivity index (χ1) is 12.5. The molecule has 0 spiro atoms. The SMILES string of the molecule is NC(=O)c1ccc(NC(=O)c2ccc(NCc3cnc(Cl)s3)cc2)cc1. The lowest BCUT2D eigenvalue weighted by Gasteiger charge is -2.08. The Bertz CT molecular complexity index is 923. The van der Waals surface area contributed by atoms with E-state index in [-0.39, 0.29) is 5.91 Å². The first-order valence-corrected chi connectivity index (χ1v) is 8.86. The van der Waals surface area contributed by atoms with Crippen LogP contribution in [0, 0.1) is 0 Å². The van der Waals surface area contributed by atoms with Gasteiger partial charge in [0.2, 0.25) is 5.91 Å². The average molecular weight is 387 g/mol. The molecule has 26 heavy (non-hydrogen) atoms. The van der Waals surface area contributed by atoms with Crippen molar-refractivity contribution in [2.24, 2.45) is 5.73 Å². The quantitative estimate of drug-likeness (QED) is 0.600. The Labute approximate surface area is 159 Å². The van der Waals surface area contributed by atoms with Crippen molar-refractivity contribution in [2.45, 2.75) is 6.54 Å². The molecule has 0 aliphatic rings. The second-order valence-electron chi connectivity index (χ2n) is 5.41. The molecule has 1 aromatic heterocycles. The van der Waals surface area contributed by atoms with Gasteiger partial charge in [-0.25, -0.2) is 4.98 Å². The van der Waals surface area contributed by atoms with Gasteiger partial charge in [-0.15, -0.1) is 11.3 Å². The van der Waals surface area contributed by atoms with Crippen LogP contribution in [0.5, 0.6) is 0 Å². The summed E-state index contributed by atoms with van der Waals surface area (Å²) in [5.74, 6) is -0.746. The van der Waals surface area contributed by atoms with Gasteiger partial charge in [0.25, 0.3) is 5.91 Å². The Balaban J connectivity index is 1.58. The van der Waals surface area contributed by atoms with Crippen LogP contribution in [0.1, 0.15) is 25.6 Å². The highest BCUT2D eigenvalue weighted by Gasteiger charge is 2.07. The molecular formula is C18H15ClN4O2S. The monoisotopic (exact) mass is 386 g/mol. The molecule has 0 unspecified atom stereocenters. The normalized spacial score (nSPS) is 10.3. The largest absolute Gasteiger partial charge is 0.380 e. The van der Waals surface area contributed by atoms with Crippen molar-refractivity contribution in [2.75, 3.05) is 10.6 Å². The van der Waals surface area contributed by atoms with E-state index in [1.165, 1.54) is 11.3 Å². The molecule has 0 saturated heterocycles. The fourth-order valence-electron chi connectivity index (χ4n) is 2.22. The van der Waals surface area contributed by atoms with Gasteiger partial charge in [0.15, 0.2) is 4.47 Å². The summed E-state index contributed by atoms with van der Waals surface area (Å²) in [5, 5.41) is 6.01. The van der Waals surface area contributed by atoms with Crippen LogP contribution < -0.4 is 16.4 Å². The Hall–Kier alpha value is -2.90. The molecule has 4 N–H and O–H groups in total. The third-order valence-electron chi connectivity index (χ3n) is 3.57. The van der Waals surface area contributed by atoms with E-state index in [1.54, 1.807) is 42.6 Å². The summed E-state index contributed by atoms with van der Waals surface area (Å²) in [6.45, 7) is 0.613. The minimum Gasteiger partial charge on any atom is -0.380 e. The predicted molar refractivity (Wildman–Crippen MR) is 104 cm³/mol. The third-order valence-corrected chi connectivity index (χ3v) is 4.68. The number of hydrogen-bond acceptors (Lipinski definition) is 5. The van der Waals surface area contributed by atoms with Crippen molar-refractivity contribution in [1.82, 2.24) is 4.98 Å². The number of amides is 2. The fourth-order valence-corrected chi connectivity index (χ4v) is 3.13. The lowest BCUT2D eigenvalue weighted by molar-refractivity contribution is 0.0998. The standard InChI is InChI=1S/C18H15ClN4O2S/c19-18-22-10-15(26-18)9-21-13-5-3-12(4-6-13)17(25)23-14-7-1-11(2-8-14)16(20)24/h1-8,10,21H,9H2,(H2,20,24)(H,23,25). The Morgan fingerprint density at radius 3 is 2.19 bits per heavy atom. The molecule has 0 aliphatic heterocycles. The van der Waals surface area contributed by atoms with Crippen LogP contribution in [0.4, 0.5) is 11.4 Å². The minimum absolute atomic E-state index is 0.238. The number of primary amides is 1. The van der Waals surface area contributed by atoms with Gasteiger partial charge in [0.05, 0.1) is 6.54 Å². The molecule has 0 radical (unpaired) electrons. The number of aromatic nitrogens is 1. The van der Waals surface area contributed by atoms with Crippen molar-refractivity contribution in [1.29, 1.82) is 0 Å². The molecule has 3 aromatic rings. The Kier molecular flexibility index (Phi) is 5.50. The third kappa shape index (κ3) is 4.59. The lowest BCUT2D eigenvalue weighted by Crippen LogP contribution is -2.13. The zero-order valence-corrected chi connectivity index (χ0v) is 15.1. The van der Waals surface area contributed by atoms with Crippen molar-refractivity contribution in [3.8, 4) is 0 Å². The number of nitrogens with two attached hydrogens (primary N) is 1. The summed E-state index contributed by atoms with van der Waals surface area (Å²) in [7, 11) is 0. The van der Waals surface area contributed by atoms with Gasteiger partial charge in [0, 0.05) is 33.6 Å². The van der Waals surface area contributed by atoms with Crippen LogP contribution in [-0.4, -0.2) is 16.8 Å². The van der Waals surface area contributed by atoms with Crippen LogP contribution in [0.25, 0.3) is 0 Å². The summed E-state index contributed by atoms with van der Waals surface area (Å²) in [4.78, 5) is 28.3. The molecule has 6 nitrogen and oxygen atoms in total. The number of carbonyl (C=O) groups excluding carboxylic acids is 2. The van der Waals surface area contributed by atoms with Gasteiger partial charge in [-0.1, -0.05) is 11.6 Å². The van der Waals surface area contributed by atoms with Crippen LogP contribution in [-0.2, 0) is 6.54 Å². The fraction of sp³-hybridized carbons (Fsp3) is 0.0556. The number of hydrogen-bond donors (Lipinski definition) is 3. The molecule has 0 fully saturated rings. The molecule has 132 valence electrons. The van der Waals surface area contributed by atoms with Gasteiger partial charge in [-0.05, 0) is 48.5 Å². The number of halogens is 1. The molecule has 8 heteroatoms. The topological polar surface area (TPSA) is 97.1 Å². The van der Waals surface area contributed by atoms with E-state index in [2.05, 4.69) is 15.6 Å². The lowest BCUT2D eigenvalue weighted by atomic mass is 10.1. The molecule has 0 atom stereocenters. The Morgan fingerprint density at radius 1 is 1.00 bits per heavy atom. The van der Waals surface area contributed by atoms with Crippen molar-refractivity contribution in [3.63, 3.8) is 0 Å². The maximum atomic E-state index is 12.3. The molecule has 0 aliphatic carbocycles. The zero-order chi connectivity index (χ0) is 18.5. The minimum atomic E-state index is -0.508. The number of rotatable bonds is 6. The summed E-state index contributed by atoms with van der Waals surface area (Å²) in [6.07, 6.45) is 1.73. The molecule has 2 amide bonds. The van der Waals surface area contributed by atoms with Gasteiger partial charge < -0.3 is 16.4 Å². The van der Waals surface area contributed by atoms with E-state index >= 15 is 0 Å². The first-order valence-electron chi connectivity index (χ1n) is 7.66. The van der Waals surface area contributed by atoms with Crippen LogP contribution in [0.15, 0.2) is 54.7 Å². The number of nitrogens with one attached hydrogen (secondary N) is 2. The molecule has 3 rings (SSSR count). The van der Waals surface area contributed by atoms with E-state index in [0.717, 1.165) is 10.6 Å². The average Bonchev–Trinajstić information content (AvgIpc) is 3.06. The summed E-state index contributed by atoms with van der Waals surface area (Å²) in [6, 6.07) is 13.5. The van der Waals surface area contributed by atoms with Crippen molar-refractivity contribution in [3.05, 3.63) is 75.2 Å². The van der Waals surface area contributed by atoms with E-state index in [1.807, 2.05) is 12.1 Å². The number of carbonyl (C=O) groups is 2. The second kappa shape index (κ2) is 7.99. The van der Waals surface area contributed by atoms with E-state index < -0.39 is 5.91 Å². The zero-order valence-electron chi connectivity index (χ0n) is 13.5. The summed E-state index contributed by atoms with van der Waals surface area (Å²) >= 11 is 7.22. The first kappa shape index (κ1) is 17.9.